The van der Waals surface area contributed by atoms with Crippen molar-refractivity contribution in [2.75, 3.05) is 11.9 Å². The van der Waals surface area contributed by atoms with Gasteiger partial charge in [0.15, 0.2) is 0 Å². The Morgan fingerprint density at radius 2 is 1.89 bits per heavy atom. The van der Waals surface area contributed by atoms with E-state index in [1.54, 1.807) is 6.07 Å². The Labute approximate surface area is 118 Å². The summed E-state index contributed by atoms with van der Waals surface area (Å²) in [6, 6.07) is 13.2. The highest BCUT2D eigenvalue weighted by Gasteiger charge is 2.12. The molecule has 2 aromatic carbocycles. The number of alkyl halides is 1. The molecule has 3 heteroatoms. The van der Waals surface area contributed by atoms with Crippen molar-refractivity contribution in [3.63, 3.8) is 0 Å². The summed E-state index contributed by atoms with van der Waals surface area (Å²) in [5, 5.41) is 0. The fraction of sp³-hybridized carbons (Fsp3) is 0.250. The van der Waals surface area contributed by atoms with Crippen LogP contribution in [0, 0.1) is 12.7 Å². The Hall–Kier alpha value is -1.54. The largest absolute Gasteiger partial charge is 0.368 e. The Kier molecular flexibility index (Phi) is 4.43. The van der Waals surface area contributed by atoms with E-state index in [-0.39, 0.29) is 5.82 Å². The minimum Gasteiger partial charge on any atom is -0.368 e. The Balaban J connectivity index is 2.27. The van der Waals surface area contributed by atoms with Gasteiger partial charge in [-0.2, -0.15) is 0 Å². The van der Waals surface area contributed by atoms with Crippen molar-refractivity contribution in [1.82, 2.24) is 0 Å². The van der Waals surface area contributed by atoms with Crippen LogP contribution in [0.4, 0.5) is 10.1 Å². The van der Waals surface area contributed by atoms with Crippen LogP contribution >= 0.6 is 11.6 Å². The lowest BCUT2D eigenvalue weighted by Crippen LogP contribution is -2.19. The van der Waals surface area contributed by atoms with Gasteiger partial charge in [-0.05, 0) is 24.1 Å². The van der Waals surface area contributed by atoms with Crippen LogP contribution in [0.1, 0.15) is 16.7 Å². The number of hydrogen-bond donors (Lipinski definition) is 0. The molecule has 0 radical (unpaired) electrons. The number of halogens is 2. The van der Waals surface area contributed by atoms with Crippen molar-refractivity contribution in [2.24, 2.45) is 0 Å². The van der Waals surface area contributed by atoms with E-state index in [0.717, 1.165) is 11.1 Å². The van der Waals surface area contributed by atoms with Crippen LogP contribution in [0.25, 0.3) is 0 Å². The van der Waals surface area contributed by atoms with E-state index in [9.17, 15) is 4.39 Å². The lowest BCUT2D eigenvalue weighted by atomic mass is 10.1. The normalized spacial score (nSPS) is 10.5. The zero-order valence-electron chi connectivity index (χ0n) is 11.2. The van der Waals surface area contributed by atoms with E-state index >= 15 is 0 Å². The van der Waals surface area contributed by atoms with Crippen molar-refractivity contribution in [3.05, 3.63) is 65.0 Å². The number of hydrogen-bond acceptors (Lipinski definition) is 1. The third-order valence-electron chi connectivity index (χ3n) is 3.10. The molecule has 0 bridgehead atoms. The molecule has 0 aliphatic rings. The number of anilines is 1. The summed E-state index contributed by atoms with van der Waals surface area (Å²) in [6.45, 7) is 2.71. The number of para-hydroxylation sites is 1. The smallest absolute Gasteiger partial charge is 0.146 e. The van der Waals surface area contributed by atoms with Gasteiger partial charge in [0.25, 0.3) is 0 Å². The summed E-state index contributed by atoms with van der Waals surface area (Å²) in [4.78, 5) is 1.90. The van der Waals surface area contributed by atoms with Crippen LogP contribution < -0.4 is 4.90 Å². The summed E-state index contributed by atoms with van der Waals surface area (Å²) in [5.41, 5.74) is 3.76. The Morgan fingerprint density at radius 1 is 1.16 bits per heavy atom. The van der Waals surface area contributed by atoms with Crippen molar-refractivity contribution in [3.8, 4) is 0 Å². The molecular formula is C16H17ClFN. The zero-order valence-corrected chi connectivity index (χ0v) is 11.9. The van der Waals surface area contributed by atoms with E-state index in [1.165, 1.54) is 11.6 Å². The molecule has 0 aliphatic heterocycles. The SMILES string of the molecule is Cc1cccc(CN(C)c2c(F)cccc2CCl)c1. The van der Waals surface area contributed by atoms with E-state index in [4.69, 9.17) is 11.6 Å². The van der Waals surface area contributed by atoms with Gasteiger partial charge in [-0.15, -0.1) is 11.6 Å². The van der Waals surface area contributed by atoms with Crippen LogP contribution in [-0.2, 0) is 12.4 Å². The second kappa shape index (κ2) is 6.07. The average Bonchev–Trinajstić information content (AvgIpc) is 2.38. The molecule has 0 amide bonds. The van der Waals surface area contributed by atoms with Crippen molar-refractivity contribution < 1.29 is 4.39 Å². The highest BCUT2D eigenvalue weighted by molar-refractivity contribution is 6.17. The van der Waals surface area contributed by atoms with Crippen LogP contribution in [-0.4, -0.2) is 7.05 Å². The van der Waals surface area contributed by atoms with Crippen LogP contribution in [0.5, 0.6) is 0 Å². The fourth-order valence-corrected chi connectivity index (χ4v) is 2.47. The molecule has 100 valence electrons. The first-order valence-electron chi connectivity index (χ1n) is 6.22. The van der Waals surface area contributed by atoms with Crippen LogP contribution in [0.15, 0.2) is 42.5 Å². The van der Waals surface area contributed by atoms with Gasteiger partial charge in [0.2, 0.25) is 0 Å². The summed E-state index contributed by atoms with van der Waals surface area (Å²) < 4.78 is 14.0. The molecule has 0 fully saturated rings. The topological polar surface area (TPSA) is 3.24 Å². The number of benzene rings is 2. The van der Waals surface area contributed by atoms with Crippen LogP contribution in [0.2, 0.25) is 0 Å². The van der Waals surface area contributed by atoms with Crippen molar-refractivity contribution >= 4 is 17.3 Å². The second-order valence-corrected chi connectivity index (χ2v) is 4.99. The molecule has 0 aromatic heterocycles. The summed E-state index contributed by atoms with van der Waals surface area (Å²) in [6.07, 6.45) is 0. The maximum atomic E-state index is 14.0. The minimum absolute atomic E-state index is 0.228. The number of aryl methyl sites for hydroxylation is 1. The zero-order chi connectivity index (χ0) is 13.8. The summed E-state index contributed by atoms with van der Waals surface area (Å²) in [5.74, 6) is 0.0823. The lowest BCUT2D eigenvalue weighted by Gasteiger charge is -2.22. The van der Waals surface area contributed by atoms with Gasteiger partial charge in [-0.1, -0.05) is 42.0 Å². The molecule has 0 heterocycles. The molecule has 0 N–H and O–H groups in total. The molecule has 0 saturated carbocycles. The highest BCUT2D eigenvalue weighted by atomic mass is 35.5. The Bertz CT molecular complexity index is 568. The van der Waals surface area contributed by atoms with Gasteiger partial charge in [-0.3, -0.25) is 0 Å². The number of nitrogens with zero attached hydrogens (tertiary/aromatic N) is 1. The molecular weight excluding hydrogens is 261 g/mol. The lowest BCUT2D eigenvalue weighted by molar-refractivity contribution is 0.620. The molecule has 0 saturated heterocycles. The fourth-order valence-electron chi connectivity index (χ4n) is 2.26. The first kappa shape index (κ1) is 13.9. The second-order valence-electron chi connectivity index (χ2n) is 4.73. The van der Waals surface area contributed by atoms with E-state index in [1.807, 2.05) is 30.1 Å². The molecule has 2 aromatic rings. The maximum Gasteiger partial charge on any atom is 0.146 e. The van der Waals surface area contributed by atoms with Gasteiger partial charge in [0.1, 0.15) is 5.82 Å². The molecule has 2 rings (SSSR count). The first-order chi connectivity index (χ1) is 9.11. The first-order valence-corrected chi connectivity index (χ1v) is 6.75. The predicted molar refractivity (Wildman–Crippen MR) is 79.2 cm³/mol. The third-order valence-corrected chi connectivity index (χ3v) is 3.39. The van der Waals surface area contributed by atoms with E-state index in [2.05, 4.69) is 19.1 Å². The third kappa shape index (κ3) is 3.27. The molecule has 0 atom stereocenters. The summed E-state index contributed by atoms with van der Waals surface area (Å²) >= 11 is 5.88. The van der Waals surface area contributed by atoms with Crippen LogP contribution in [0.3, 0.4) is 0 Å². The molecule has 19 heavy (non-hydrogen) atoms. The van der Waals surface area contributed by atoms with Crippen molar-refractivity contribution in [2.45, 2.75) is 19.3 Å². The quantitative estimate of drug-likeness (QED) is 0.743. The van der Waals surface area contributed by atoms with Gasteiger partial charge in [0, 0.05) is 19.5 Å². The monoisotopic (exact) mass is 277 g/mol. The summed E-state index contributed by atoms with van der Waals surface area (Å²) in [7, 11) is 1.89. The molecule has 1 nitrogen and oxygen atoms in total. The van der Waals surface area contributed by atoms with Gasteiger partial charge in [-0.25, -0.2) is 4.39 Å². The average molecular weight is 278 g/mol. The Morgan fingerprint density at radius 3 is 2.58 bits per heavy atom. The minimum atomic E-state index is -0.228. The van der Waals surface area contributed by atoms with Gasteiger partial charge >= 0.3 is 0 Å². The maximum absolute atomic E-state index is 14.0. The number of rotatable bonds is 4. The highest BCUT2D eigenvalue weighted by Crippen LogP contribution is 2.26. The van der Waals surface area contributed by atoms with Crippen molar-refractivity contribution in [1.29, 1.82) is 0 Å². The molecule has 0 unspecified atom stereocenters. The van der Waals surface area contributed by atoms with Gasteiger partial charge < -0.3 is 4.90 Å². The standard InChI is InChI=1S/C16H17ClFN/c1-12-5-3-6-13(9-12)11-19(2)16-14(10-17)7-4-8-15(16)18/h3-9H,10-11H2,1-2H3. The van der Waals surface area contributed by atoms with E-state index < -0.39 is 0 Å². The molecule has 0 aliphatic carbocycles. The predicted octanol–water partition coefficient (Wildman–Crippen LogP) is 4.51. The van der Waals surface area contributed by atoms with E-state index in [0.29, 0.717) is 18.1 Å². The van der Waals surface area contributed by atoms with Gasteiger partial charge in [0.05, 0.1) is 5.69 Å². The molecule has 0 spiro atoms.